The van der Waals surface area contributed by atoms with Crippen molar-refractivity contribution < 1.29 is 13.5 Å². The van der Waals surface area contributed by atoms with E-state index in [0.717, 1.165) is 0 Å². The Morgan fingerprint density at radius 1 is 1.57 bits per heavy atom. The van der Waals surface area contributed by atoms with E-state index in [2.05, 4.69) is 32.9 Å². The van der Waals surface area contributed by atoms with Gasteiger partial charge in [-0.2, -0.15) is 8.78 Å². The van der Waals surface area contributed by atoms with E-state index >= 15 is 0 Å². The van der Waals surface area contributed by atoms with Gasteiger partial charge in [0.2, 0.25) is 0 Å². The largest absolute Gasteiger partial charge is 0.361 e. The van der Waals surface area contributed by atoms with Gasteiger partial charge in [0, 0.05) is 42.0 Å². The minimum Gasteiger partial charge on any atom is -0.320 e. The Morgan fingerprint density at radius 2 is 2.21 bits per heavy atom. The lowest BCUT2D eigenvalue weighted by Crippen LogP contribution is -2.44. The van der Waals surface area contributed by atoms with Crippen molar-refractivity contribution in [2.75, 3.05) is 26.7 Å². The molecule has 1 aliphatic rings. The maximum Gasteiger partial charge on any atom is 0.361 e. The summed E-state index contributed by atoms with van der Waals surface area (Å²) in [4.78, 5) is 0. The second kappa shape index (κ2) is 5.00. The summed E-state index contributed by atoms with van der Waals surface area (Å²) in [6.45, 7) is 2.61. The lowest BCUT2D eigenvalue weighted by molar-refractivity contribution is -0.268. The van der Waals surface area contributed by atoms with Gasteiger partial charge < -0.3 is 10.1 Å². The van der Waals surface area contributed by atoms with Crippen LogP contribution in [0, 0.1) is 5.92 Å². The number of hydrogen-bond acceptors (Lipinski definition) is 3. The molecule has 0 amide bonds. The van der Waals surface area contributed by atoms with Crippen LogP contribution < -0.4 is 5.32 Å². The third-order valence-corrected chi connectivity index (χ3v) is 3.20. The van der Waals surface area contributed by atoms with E-state index in [1.165, 1.54) is 0 Å². The molecule has 14 heavy (non-hydrogen) atoms. The molecule has 1 aliphatic heterocycles. The number of hydrogen-bond donors (Lipinski definition) is 1. The number of ether oxygens (including phenoxy) is 1. The van der Waals surface area contributed by atoms with Crippen LogP contribution in [0.15, 0.2) is 0 Å². The summed E-state index contributed by atoms with van der Waals surface area (Å²) in [5.74, 6) is -0.760. The molecule has 0 aliphatic carbocycles. The Bertz CT molecular complexity index is 194. The average molecular weight is 320 g/mol. The zero-order chi connectivity index (χ0) is 10.8. The Balaban J connectivity index is 2.65. The molecular weight excluding hydrogens is 305 g/mol. The zero-order valence-electron chi connectivity index (χ0n) is 8.27. The normalized spacial score (nSPS) is 29.8. The molecule has 0 aromatic rings. The van der Waals surface area contributed by atoms with Crippen molar-refractivity contribution in [2.24, 2.45) is 5.92 Å². The molecular formula is C8H15F2IN2O. The van der Waals surface area contributed by atoms with E-state index in [4.69, 9.17) is 0 Å². The summed E-state index contributed by atoms with van der Waals surface area (Å²) in [6, 6.07) is -0.201. The van der Waals surface area contributed by atoms with E-state index in [1.807, 2.05) is 3.11 Å². The lowest BCUT2D eigenvalue weighted by Gasteiger charge is -2.26. The maximum atomic E-state index is 13.4. The van der Waals surface area contributed by atoms with Crippen molar-refractivity contribution in [3.05, 3.63) is 0 Å². The molecule has 0 saturated carbocycles. The van der Waals surface area contributed by atoms with E-state index in [1.54, 1.807) is 14.0 Å². The van der Waals surface area contributed by atoms with Crippen LogP contribution in [0.3, 0.4) is 0 Å². The number of rotatable bonds is 4. The summed E-state index contributed by atoms with van der Waals surface area (Å²) in [7, 11) is 1.70. The molecule has 0 aromatic carbocycles. The highest BCUT2D eigenvalue weighted by Crippen LogP contribution is 2.34. The SMILES string of the molecule is CCOC(F)(F)C1CN(I)CC1NC. The number of alkyl halides is 2. The maximum absolute atomic E-state index is 13.4. The van der Waals surface area contributed by atoms with Gasteiger partial charge in [0.25, 0.3) is 0 Å². The molecule has 1 N–H and O–H groups in total. The van der Waals surface area contributed by atoms with Crippen LogP contribution >= 0.6 is 22.9 Å². The molecule has 1 heterocycles. The highest BCUT2D eigenvalue weighted by molar-refractivity contribution is 14.1. The fourth-order valence-electron chi connectivity index (χ4n) is 1.69. The predicted octanol–water partition coefficient (Wildman–Crippen LogP) is 1.49. The predicted molar refractivity (Wildman–Crippen MR) is 58.5 cm³/mol. The van der Waals surface area contributed by atoms with Gasteiger partial charge in [-0.15, -0.1) is 0 Å². The van der Waals surface area contributed by atoms with Gasteiger partial charge in [0.05, 0.1) is 12.5 Å². The molecule has 3 nitrogen and oxygen atoms in total. The van der Waals surface area contributed by atoms with Crippen molar-refractivity contribution in [3.63, 3.8) is 0 Å². The van der Waals surface area contributed by atoms with Gasteiger partial charge in [-0.05, 0) is 14.0 Å². The van der Waals surface area contributed by atoms with Crippen LogP contribution in [0.1, 0.15) is 6.92 Å². The summed E-state index contributed by atoms with van der Waals surface area (Å²) >= 11 is 2.06. The van der Waals surface area contributed by atoms with Gasteiger partial charge in [0.1, 0.15) is 0 Å². The molecule has 0 spiro atoms. The van der Waals surface area contributed by atoms with Crippen molar-refractivity contribution >= 4 is 22.9 Å². The molecule has 0 bridgehead atoms. The van der Waals surface area contributed by atoms with Crippen molar-refractivity contribution in [1.29, 1.82) is 0 Å². The average Bonchev–Trinajstić information content (AvgIpc) is 2.47. The quantitative estimate of drug-likeness (QED) is 0.627. The van der Waals surface area contributed by atoms with E-state index < -0.39 is 12.0 Å². The molecule has 1 rings (SSSR count). The molecule has 2 atom stereocenters. The highest BCUT2D eigenvalue weighted by atomic mass is 127. The first-order chi connectivity index (χ1) is 6.51. The Kier molecular flexibility index (Phi) is 4.48. The smallest absolute Gasteiger partial charge is 0.320 e. The monoisotopic (exact) mass is 320 g/mol. The summed E-state index contributed by atoms with van der Waals surface area (Å²) < 4.78 is 33.2. The van der Waals surface area contributed by atoms with Gasteiger partial charge in [0.15, 0.2) is 0 Å². The summed E-state index contributed by atoms with van der Waals surface area (Å²) in [5, 5.41) is 2.90. The molecule has 2 unspecified atom stereocenters. The first-order valence-electron chi connectivity index (χ1n) is 4.61. The molecule has 1 saturated heterocycles. The van der Waals surface area contributed by atoms with Crippen LogP contribution in [-0.2, 0) is 4.74 Å². The molecule has 0 radical (unpaired) electrons. The molecule has 0 aromatic heterocycles. The van der Waals surface area contributed by atoms with Crippen LogP contribution in [0.5, 0.6) is 0 Å². The van der Waals surface area contributed by atoms with Crippen LogP contribution in [0.2, 0.25) is 0 Å². The second-order valence-corrected chi connectivity index (χ2v) is 4.69. The van der Waals surface area contributed by atoms with Gasteiger partial charge in [-0.3, -0.25) is 0 Å². The van der Waals surface area contributed by atoms with E-state index in [9.17, 15) is 8.78 Å². The second-order valence-electron chi connectivity index (χ2n) is 3.32. The minimum atomic E-state index is -3.03. The first kappa shape index (κ1) is 12.5. The molecule has 6 heteroatoms. The topological polar surface area (TPSA) is 24.5 Å². The molecule has 84 valence electrons. The highest BCUT2D eigenvalue weighted by Gasteiger charge is 2.49. The molecule has 1 fully saturated rings. The Morgan fingerprint density at radius 3 is 2.71 bits per heavy atom. The van der Waals surface area contributed by atoms with Crippen LogP contribution in [-0.4, -0.2) is 42.0 Å². The fourth-order valence-corrected chi connectivity index (χ4v) is 2.54. The number of likely N-dealkylation sites (N-methyl/N-ethyl adjacent to an activating group) is 1. The van der Waals surface area contributed by atoms with Crippen molar-refractivity contribution in [2.45, 2.75) is 19.1 Å². The van der Waals surface area contributed by atoms with Crippen molar-refractivity contribution in [3.8, 4) is 0 Å². The Hall–Kier alpha value is 0.470. The zero-order valence-corrected chi connectivity index (χ0v) is 10.4. The van der Waals surface area contributed by atoms with Gasteiger partial charge >= 0.3 is 6.11 Å². The number of halogens is 3. The summed E-state index contributed by atoms with van der Waals surface area (Å²) in [6.07, 6.45) is -3.03. The fraction of sp³-hybridized carbons (Fsp3) is 1.00. The minimum absolute atomic E-state index is 0.0428. The van der Waals surface area contributed by atoms with Gasteiger partial charge in [-0.1, -0.05) is 0 Å². The number of nitrogens with one attached hydrogen (secondary N) is 1. The van der Waals surface area contributed by atoms with Crippen LogP contribution in [0.4, 0.5) is 8.78 Å². The number of nitrogens with zero attached hydrogens (tertiary/aromatic N) is 1. The lowest BCUT2D eigenvalue weighted by atomic mass is 10.0. The van der Waals surface area contributed by atoms with Crippen LogP contribution in [0.25, 0.3) is 0 Å². The van der Waals surface area contributed by atoms with E-state index in [-0.39, 0.29) is 12.6 Å². The third-order valence-electron chi connectivity index (χ3n) is 2.41. The van der Waals surface area contributed by atoms with Gasteiger partial charge in [-0.25, -0.2) is 3.11 Å². The third kappa shape index (κ3) is 2.74. The first-order valence-corrected chi connectivity index (χ1v) is 5.57. The standard InChI is InChI=1S/C8H15F2IN2O/c1-3-14-8(9,10)6-4-13(11)5-7(6)12-2/h6-7,12H,3-5H2,1-2H3. The van der Waals surface area contributed by atoms with E-state index in [0.29, 0.717) is 13.1 Å². The Labute approximate surface area is 96.7 Å². The summed E-state index contributed by atoms with van der Waals surface area (Å²) in [5.41, 5.74) is 0. The van der Waals surface area contributed by atoms with Crippen molar-refractivity contribution in [1.82, 2.24) is 8.43 Å².